The number of hydrogen-bond acceptors (Lipinski definition) is 4. The summed E-state index contributed by atoms with van der Waals surface area (Å²) in [5.74, 6) is -1.40. The minimum atomic E-state index is -4.24. The number of anilines is 1. The van der Waals surface area contributed by atoms with Crippen molar-refractivity contribution in [3.8, 4) is 11.5 Å². The Labute approximate surface area is 165 Å². The molecule has 0 unspecified atom stereocenters. The van der Waals surface area contributed by atoms with Crippen LogP contribution in [0.15, 0.2) is 39.7 Å². The number of hydrogen-bond donors (Lipinski definition) is 1. The van der Waals surface area contributed by atoms with Crippen molar-refractivity contribution in [2.75, 3.05) is 17.9 Å². The molecule has 0 spiro atoms. The van der Waals surface area contributed by atoms with Gasteiger partial charge in [0, 0.05) is 10.5 Å². The van der Waals surface area contributed by atoms with E-state index in [1.165, 1.54) is 18.2 Å². The highest BCUT2D eigenvalue weighted by Crippen LogP contribution is 2.32. The van der Waals surface area contributed by atoms with Gasteiger partial charge in [0.25, 0.3) is 10.0 Å². The molecule has 0 aliphatic rings. The quantitative estimate of drug-likeness (QED) is 0.561. The normalized spacial score (nSPS) is 11.3. The number of sulfonamides is 1. The Morgan fingerprint density at radius 3 is 2.07 bits per heavy atom. The van der Waals surface area contributed by atoms with E-state index in [1.807, 2.05) is 18.6 Å². The fourth-order valence-electron chi connectivity index (χ4n) is 2.14. The molecule has 27 heavy (non-hydrogen) atoms. The van der Waals surface area contributed by atoms with Crippen molar-refractivity contribution in [2.24, 2.45) is 0 Å². The van der Waals surface area contributed by atoms with Gasteiger partial charge >= 0.3 is 0 Å². The van der Waals surface area contributed by atoms with E-state index >= 15 is 0 Å². The Bertz CT molecular complexity index is 883. The summed E-state index contributed by atoms with van der Waals surface area (Å²) in [5.41, 5.74) is -0.750. The highest BCUT2D eigenvalue weighted by molar-refractivity contribution is 9.10. The third-order valence-corrected chi connectivity index (χ3v) is 5.20. The second-order valence-electron chi connectivity index (χ2n) is 5.66. The van der Waals surface area contributed by atoms with Crippen molar-refractivity contribution in [1.29, 1.82) is 0 Å². The first-order valence-electron chi connectivity index (χ1n) is 8.35. The number of ether oxygens (including phenoxy) is 2. The van der Waals surface area contributed by atoms with Gasteiger partial charge in [-0.3, -0.25) is 4.72 Å². The molecule has 5 nitrogen and oxygen atoms in total. The van der Waals surface area contributed by atoms with E-state index < -0.39 is 27.3 Å². The van der Waals surface area contributed by atoms with Gasteiger partial charge in [0.05, 0.1) is 18.1 Å². The van der Waals surface area contributed by atoms with Crippen LogP contribution < -0.4 is 14.2 Å². The third kappa shape index (κ3) is 5.55. The van der Waals surface area contributed by atoms with Gasteiger partial charge in [-0.25, -0.2) is 17.2 Å². The minimum Gasteiger partial charge on any atom is -0.490 e. The topological polar surface area (TPSA) is 64.6 Å². The maximum atomic E-state index is 14.0. The number of rotatable bonds is 9. The Balaban J connectivity index is 2.37. The monoisotopic (exact) mass is 463 g/mol. The second-order valence-corrected chi connectivity index (χ2v) is 8.25. The number of nitrogens with one attached hydrogen (secondary N) is 1. The molecule has 0 amide bonds. The fraction of sp³-hybridized carbons (Fsp3) is 0.333. The Morgan fingerprint density at radius 1 is 0.963 bits per heavy atom. The molecule has 9 heteroatoms. The van der Waals surface area contributed by atoms with Crippen LogP contribution in [0.1, 0.15) is 26.7 Å². The molecule has 0 atom stereocenters. The van der Waals surface area contributed by atoms with E-state index in [2.05, 4.69) is 15.9 Å². The lowest BCUT2D eigenvalue weighted by Gasteiger charge is -2.15. The highest BCUT2D eigenvalue weighted by atomic mass is 79.9. The van der Waals surface area contributed by atoms with Gasteiger partial charge in [-0.2, -0.15) is 0 Å². The molecular formula is C18H20BrF2NO4S. The van der Waals surface area contributed by atoms with Gasteiger partial charge in [-0.15, -0.1) is 0 Å². The van der Waals surface area contributed by atoms with Gasteiger partial charge in [-0.1, -0.05) is 29.8 Å². The number of benzene rings is 2. The molecule has 0 fully saturated rings. The molecule has 0 radical (unpaired) electrons. The summed E-state index contributed by atoms with van der Waals surface area (Å²) >= 11 is 2.95. The average Bonchev–Trinajstić information content (AvgIpc) is 2.61. The summed E-state index contributed by atoms with van der Waals surface area (Å²) in [7, 11) is -4.24. The molecule has 0 bridgehead atoms. The van der Waals surface area contributed by atoms with Crippen LogP contribution in [0.25, 0.3) is 0 Å². The first-order valence-corrected chi connectivity index (χ1v) is 10.6. The second kappa shape index (κ2) is 9.36. The van der Waals surface area contributed by atoms with E-state index in [1.54, 1.807) is 0 Å². The van der Waals surface area contributed by atoms with E-state index in [0.717, 1.165) is 25.0 Å². The SMILES string of the molecule is CCCOc1ccc(S(=O)(=O)Nc2c(F)cc(Br)cc2F)cc1OCCC. The fourth-order valence-corrected chi connectivity index (χ4v) is 3.64. The molecule has 2 rings (SSSR count). The summed E-state index contributed by atoms with van der Waals surface area (Å²) in [6.07, 6.45) is 1.49. The lowest BCUT2D eigenvalue weighted by molar-refractivity contribution is 0.267. The molecule has 0 aliphatic heterocycles. The highest BCUT2D eigenvalue weighted by Gasteiger charge is 2.22. The average molecular weight is 464 g/mol. The number of halogens is 3. The molecule has 2 aromatic rings. The van der Waals surface area contributed by atoms with Crippen LogP contribution in [0.5, 0.6) is 11.5 Å². The van der Waals surface area contributed by atoms with Gasteiger partial charge in [0.2, 0.25) is 0 Å². The van der Waals surface area contributed by atoms with Crippen LogP contribution >= 0.6 is 15.9 Å². The lowest BCUT2D eigenvalue weighted by Crippen LogP contribution is -2.15. The van der Waals surface area contributed by atoms with Crippen LogP contribution in [-0.4, -0.2) is 21.6 Å². The smallest absolute Gasteiger partial charge is 0.262 e. The molecule has 2 aromatic carbocycles. The Morgan fingerprint density at radius 2 is 1.52 bits per heavy atom. The summed E-state index contributed by atoms with van der Waals surface area (Å²) in [6, 6.07) is 5.97. The molecule has 0 saturated carbocycles. The van der Waals surface area contributed by atoms with E-state index in [9.17, 15) is 17.2 Å². The largest absolute Gasteiger partial charge is 0.490 e. The summed E-state index contributed by atoms with van der Waals surface area (Å²) in [6.45, 7) is 4.67. The van der Waals surface area contributed by atoms with Crippen LogP contribution in [0.3, 0.4) is 0 Å². The zero-order chi connectivity index (χ0) is 20.0. The minimum absolute atomic E-state index is 0.160. The van der Waals surface area contributed by atoms with Crippen molar-refractivity contribution < 1.29 is 26.7 Å². The van der Waals surface area contributed by atoms with E-state index in [0.29, 0.717) is 19.0 Å². The van der Waals surface area contributed by atoms with Gasteiger partial charge in [-0.05, 0) is 37.1 Å². The van der Waals surface area contributed by atoms with Crippen LogP contribution in [0.4, 0.5) is 14.5 Å². The van der Waals surface area contributed by atoms with Crippen molar-refractivity contribution in [3.63, 3.8) is 0 Å². The van der Waals surface area contributed by atoms with Crippen molar-refractivity contribution in [2.45, 2.75) is 31.6 Å². The third-order valence-electron chi connectivity index (χ3n) is 3.39. The molecule has 0 saturated heterocycles. The van der Waals surface area contributed by atoms with Gasteiger partial charge in [0.1, 0.15) is 5.69 Å². The predicted octanol–water partition coefficient (Wildman–Crippen LogP) is 5.11. The Hall–Kier alpha value is -1.87. The van der Waals surface area contributed by atoms with E-state index in [4.69, 9.17) is 9.47 Å². The summed E-state index contributed by atoms with van der Waals surface area (Å²) in [5, 5.41) is 0. The standard InChI is InChI=1S/C18H20BrF2NO4S/c1-3-7-25-16-6-5-13(11-17(16)26-8-4-2)27(23,24)22-18-14(20)9-12(19)10-15(18)21/h5-6,9-11,22H,3-4,7-8H2,1-2H3. The molecule has 148 valence electrons. The van der Waals surface area contributed by atoms with Crippen molar-refractivity contribution >= 4 is 31.6 Å². The van der Waals surface area contributed by atoms with E-state index in [-0.39, 0.29) is 15.1 Å². The summed E-state index contributed by atoms with van der Waals surface area (Å²) < 4.78 is 66.3. The zero-order valence-electron chi connectivity index (χ0n) is 14.9. The molecule has 1 N–H and O–H groups in total. The van der Waals surface area contributed by atoms with Gasteiger partial charge < -0.3 is 9.47 Å². The first-order chi connectivity index (χ1) is 12.8. The van der Waals surface area contributed by atoms with Gasteiger partial charge in [0.15, 0.2) is 23.1 Å². The first kappa shape index (κ1) is 21.4. The maximum Gasteiger partial charge on any atom is 0.262 e. The molecule has 0 aliphatic carbocycles. The lowest BCUT2D eigenvalue weighted by atomic mass is 10.3. The molecular weight excluding hydrogens is 444 g/mol. The zero-order valence-corrected chi connectivity index (χ0v) is 17.3. The van der Waals surface area contributed by atoms with Crippen molar-refractivity contribution in [1.82, 2.24) is 0 Å². The molecule has 0 aromatic heterocycles. The van der Waals surface area contributed by atoms with Crippen LogP contribution in [0, 0.1) is 11.6 Å². The van der Waals surface area contributed by atoms with Crippen molar-refractivity contribution in [3.05, 3.63) is 46.4 Å². The van der Waals surface area contributed by atoms with Crippen LogP contribution in [0.2, 0.25) is 0 Å². The molecule has 0 heterocycles. The Kier molecular flexibility index (Phi) is 7.43. The maximum absolute atomic E-state index is 14.0. The predicted molar refractivity (Wildman–Crippen MR) is 103 cm³/mol. The van der Waals surface area contributed by atoms with Crippen LogP contribution in [-0.2, 0) is 10.0 Å². The summed E-state index contributed by atoms with van der Waals surface area (Å²) in [4.78, 5) is -0.195.